The quantitative estimate of drug-likeness (QED) is 0.451. The molecule has 3 aliphatic carbocycles. The van der Waals surface area contributed by atoms with Crippen molar-refractivity contribution in [2.45, 2.75) is 122 Å². The minimum atomic E-state index is 0.838. The Balaban J connectivity index is 1.24. The molecule has 3 saturated carbocycles. The lowest BCUT2D eigenvalue weighted by atomic mass is 9.68. The highest BCUT2D eigenvalue weighted by molar-refractivity contribution is 5.28. The van der Waals surface area contributed by atoms with E-state index in [0.29, 0.717) is 0 Å². The zero-order valence-corrected chi connectivity index (χ0v) is 19.4. The van der Waals surface area contributed by atoms with Crippen molar-refractivity contribution in [1.29, 1.82) is 0 Å². The molecule has 0 radical (unpaired) electrons. The molecule has 0 aliphatic heterocycles. The Hall–Kier alpha value is -0.780. The van der Waals surface area contributed by atoms with Crippen LogP contribution in [0.3, 0.4) is 0 Å². The topological polar surface area (TPSA) is 0 Å². The molecule has 0 N–H and O–H groups in total. The molecule has 0 heterocycles. The number of rotatable bonds is 6. The smallest absolute Gasteiger partial charge is 0.0162 e. The Morgan fingerprint density at radius 2 is 0.966 bits per heavy atom. The summed E-state index contributed by atoms with van der Waals surface area (Å²) >= 11 is 0. The first kappa shape index (κ1) is 21.5. The minimum Gasteiger partial charge on any atom is -0.0654 e. The van der Waals surface area contributed by atoms with Crippen LogP contribution in [0.15, 0.2) is 24.3 Å². The van der Waals surface area contributed by atoms with Crippen LogP contribution < -0.4 is 0 Å². The Morgan fingerprint density at radius 3 is 1.41 bits per heavy atom. The molecule has 0 aromatic heterocycles. The third-order valence-electron chi connectivity index (χ3n) is 9.33. The summed E-state index contributed by atoms with van der Waals surface area (Å²) in [6.45, 7) is 4.72. The SMILES string of the molecule is CCC[C@H]1CC[C@H](C2CCC(c3ccc([C@H]4CC[C@H](CC)CC4)cc3)CC2)CC1. The first-order valence-corrected chi connectivity index (χ1v) is 13.4. The lowest BCUT2D eigenvalue weighted by Crippen LogP contribution is -2.25. The van der Waals surface area contributed by atoms with Crippen molar-refractivity contribution in [2.24, 2.45) is 23.7 Å². The van der Waals surface area contributed by atoms with Crippen LogP contribution in [-0.2, 0) is 0 Å². The summed E-state index contributed by atoms with van der Waals surface area (Å²) in [5.74, 6) is 5.84. The van der Waals surface area contributed by atoms with Crippen LogP contribution in [0.1, 0.15) is 133 Å². The minimum absolute atomic E-state index is 0.838. The van der Waals surface area contributed by atoms with E-state index in [1.807, 2.05) is 0 Å². The molecule has 3 aliphatic rings. The maximum atomic E-state index is 2.50. The first-order chi connectivity index (χ1) is 14.3. The average Bonchev–Trinajstić information content (AvgIpc) is 2.80. The summed E-state index contributed by atoms with van der Waals surface area (Å²) in [7, 11) is 0. The number of benzene rings is 1. The van der Waals surface area contributed by atoms with E-state index in [-0.39, 0.29) is 0 Å². The molecule has 162 valence electrons. The third kappa shape index (κ3) is 5.48. The van der Waals surface area contributed by atoms with Crippen molar-refractivity contribution >= 4 is 0 Å². The van der Waals surface area contributed by atoms with E-state index in [1.54, 1.807) is 11.1 Å². The normalized spacial score (nSPS) is 36.1. The van der Waals surface area contributed by atoms with Gasteiger partial charge in [0, 0.05) is 0 Å². The summed E-state index contributed by atoms with van der Waals surface area (Å²) in [6, 6.07) is 9.99. The highest BCUT2D eigenvalue weighted by Gasteiger charge is 2.31. The maximum absolute atomic E-state index is 2.50. The van der Waals surface area contributed by atoms with Gasteiger partial charge >= 0.3 is 0 Å². The summed E-state index contributed by atoms with van der Waals surface area (Å²) in [5.41, 5.74) is 3.27. The maximum Gasteiger partial charge on any atom is -0.0162 e. The van der Waals surface area contributed by atoms with Gasteiger partial charge in [0.1, 0.15) is 0 Å². The molecule has 1 aromatic carbocycles. The molecule has 0 spiro atoms. The van der Waals surface area contributed by atoms with E-state index in [2.05, 4.69) is 38.1 Å². The van der Waals surface area contributed by atoms with Gasteiger partial charge in [-0.05, 0) is 111 Å². The van der Waals surface area contributed by atoms with E-state index in [0.717, 1.165) is 35.5 Å². The van der Waals surface area contributed by atoms with Crippen molar-refractivity contribution in [3.63, 3.8) is 0 Å². The zero-order chi connectivity index (χ0) is 20.1. The van der Waals surface area contributed by atoms with E-state index in [1.165, 1.54) is 96.3 Å². The van der Waals surface area contributed by atoms with Crippen LogP contribution in [0.4, 0.5) is 0 Å². The Morgan fingerprint density at radius 1 is 0.552 bits per heavy atom. The summed E-state index contributed by atoms with van der Waals surface area (Å²) in [5, 5.41) is 0. The van der Waals surface area contributed by atoms with Crippen LogP contribution in [0.5, 0.6) is 0 Å². The molecule has 4 rings (SSSR count). The number of hydrogen-bond acceptors (Lipinski definition) is 0. The fourth-order valence-corrected chi connectivity index (χ4v) is 7.22. The Kier molecular flexibility index (Phi) is 7.77. The highest BCUT2D eigenvalue weighted by atomic mass is 14.4. The van der Waals surface area contributed by atoms with Crippen LogP contribution in [0, 0.1) is 23.7 Å². The molecule has 1 aromatic rings. The molecule has 0 saturated heterocycles. The molecule has 0 nitrogen and oxygen atoms in total. The average molecular weight is 395 g/mol. The predicted molar refractivity (Wildman–Crippen MR) is 126 cm³/mol. The van der Waals surface area contributed by atoms with Gasteiger partial charge in [-0.25, -0.2) is 0 Å². The van der Waals surface area contributed by atoms with Gasteiger partial charge < -0.3 is 0 Å². The van der Waals surface area contributed by atoms with E-state index in [4.69, 9.17) is 0 Å². The fraction of sp³-hybridized carbons (Fsp3) is 0.793. The van der Waals surface area contributed by atoms with E-state index in [9.17, 15) is 0 Å². The highest BCUT2D eigenvalue weighted by Crippen LogP contribution is 2.45. The summed E-state index contributed by atoms with van der Waals surface area (Å²) in [4.78, 5) is 0. The second-order valence-electron chi connectivity index (χ2n) is 11.0. The molecular formula is C29H46. The van der Waals surface area contributed by atoms with Gasteiger partial charge in [0.25, 0.3) is 0 Å². The van der Waals surface area contributed by atoms with Crippen molar-refractivity contribution in [2.75, 3.05) is 0 Å². The van der Waals surface area contributed by atoms with Gasteiger partial charge in [-0.1, -0.05) is 70.2 Å². The van der Waals surface area contributed by atoms with Gasteiger partial charge in [0.15, 0.2) is 0 Å². The molecule has 0 bridgehead atoms. The monoisotopic (exact) mass is 394 g/mol. The second-order valence-corrected chi connectivity index (χ2v) is 11.0. The van der Waals surface area contributed by atoms with E-state index < -0.39 is 0 Å². The van der Waals surface area contributed by atoms with Crippen molar-refractivity contribution in [1.82, 2.24) is 0 Å². The lowest BCUT2D eigenvalue weighted by Gasteiger charge is -2.38. The van der Waals surface area contributed by atoms with Gasteiger partial charge in [-0.3, -0.25) is 0 Å². The lowest BCUT2D eigenvalue weighted by molar-refractivity contribution is 0.156. The molecule has 0 atom stereocenters. The molecule has 3 fully saturated rings. The van der Waals surface area contributed by atoms with Gasteiger partial charge in [0.05, 0.1) is 0 Å². The van der Waals surface area contributed by atoms with Crippen LogP contribution >= 0.6 is 0 Å². The van der Waals surface area contributed by atoms with Crippen LogP contribution in [0.2, 0.25) is 0 Å². The summed E-state index contributed by atoms with van der Waals surface area (Å²) in [6.07, 6.45) is 22.0. The predicted octanol–water partition coefficient (Wildman–Crippen LogP) is 9.25. The van der Waals surface area contributed by atoms with Gasteiger partial charge in [0.2, 0.25) is 0 Å². The fourth-order valence-electron chi connectivity index (χ4n) is 7.22. The molecule has 0 amide bonds. The molecule has 0 unspecified atom stereocenters. The van der Waals surface area contributed by atoms with Gasteiger partial charge in [-0.15, -0.1) is 0 Å². The van der Waals surface area contributed by atoms with Crippen LogP contribution in [-0.4, -0.2) is 0 Å². The molecular weight excluding hydrogens is 348 g/mol. The molecule has 0 heteroatoms. The third-order valence-corrected chi connectivity index (χ3v) is 9.33. The first-order valence-electron chi connectivity index (χ1n) is 13.4. The van der Waals surface area contributed by atoms with Crippen LogP contribution in [0.25, 0.3) is 0 Å². The van der Waals surface area contributed by atoms with Crippen molar-refractivity contribution in [3.05, 3.63) is 35.4 Å². The van der Waals surface area contributed by atoms with Crippen molar-refractivity contribution < 1.29 is 0 Å². The Labute approximate surface area is 181 Å². The van der Waals surface area contributed by atoms with E-state index >= 15 is 0 Å². The van der Waals surface area contributed by atoms with Gasteiger partial charge in [-0.2, -0.15) is 0 Å². The zero-order valence-electron chi connectivity index (χ0n) is 19.4. The second kappa shape index (κ2) is 10.5. The summed E-state index contributed by atoms with van der Waals surface area (Å²) < 4.78 is 0. The largest absolute Gasteiger partial charge is 0.0654 e. The number of hydrogen-bond donors (Lipinski definition) is 0. The Bertz CT molecular complexity index is 575. The van der Waals surface area contributed by atoms with Crippen molar-refractivity contribution in [3.8, 4) is 0 Å². The standard InChI is InChI=1S/C29H46/c1-3-5-23-8-12-25(13-9-23)27-16-20-29(21-17-27)28-18-14-26(15-19-28)24-10-6-22(4-2)7-11-24/h14-15,18-19,22-25,27,29H,3-13,16-17,20-21H2,1-2H3/t22-,23-,24-,25-,27?,29?. The molecule has 29 heavy (non-hydrogen) atoms.